The number of carbonyl (C=O) groups excluding carboxylic acids is 2. The molecule has 0 fully saturated rings. The van der Waals surface area contributed by atoms with Crippen molar-refractivity contribution in [3.05, 3.63) is 52.5 Å². The Morgan fingerprint density at radius 3 is 2.62 bits per heavy atom. The molecule has 0 radical (unpaired) electrons. The fraction of sp³-hybridized carbons (Fsp3) is 0.333. The molecule has 0 aliphatic rings. The van der Waals surface area contributed by atoms with Gasteiger partial charge in [-0.25, -0.2) is 9.37 Å². The normalized spacial score (nSPS) is 10.3. The maximum Gasteiger partial charge on any atom is 0.233 e. The highest BCUT2D eigenvalue weighted by molar-refractivity contribution is 8.00. The third kappa shape index (κ3) is 5.55. The molecule has 0 atom stereocenters. The molecule has 0 aliphatic heterocycles. The monoisotopic (exact) mass is 415 g/mol. The minimum absolute atomic E-state index is 0.0764. The van der Waals surface area contributed by atoms with Gasteiger partial charge < -0.3 is 9.64 Å². The quantitative estimate of drug-likeness (QED) is 0.482. The molecule has 1 aromatic heterocycles. The number of hydrogen-bond donors (Lipinski definition) is 0. The Morgan fingerprint density at radius 2 is 2.07 bits per heavy atom. The number of Topliss-reactive ketones (excluding diaryl/α,β-unsaturated/α-hetero) is 1. The molecule has 0 unspecified atom stereocenters. The Hall–Kier alpha value is -2.92. The number of methoxy groups -OCH3 is 1. The molecule has 0 saturated carbocycles. The Bertz CT molecular complexity index is 972. The first-order chi connectivity index (χ1) is 13.8. The van der Waals surface area contributed by atoms with E-state index in [2.05, 4.69) is 4.98 Å². The first kappa shape index (κ1) is 22.4. The molecule has 6 nitrogen and oxygen atoms in total. The summed E-state index contributed by atoms with van der Waals surface area (Å²) < 4.78 is 18.8. The van der Waals surface area contributed by atoms with Gasteiger partial charge in [0.2, 0.25) is 5.91 Å². The summed E-state index contributed by atoms with van der Waals surface area (Å²) in [6, 6.07) is 8.13. The predicted octanol–water partition coefficient (Wildman–Crippen LogP) is 3.75. The van der Waals surface area contributed by atoms with Crippen LogP contribution in [0, 0.1) is 24.1 Å². The van der Waals surface area contributed by atoms with Crippen molar-refractivity contribution in [3.63, 3.8) is 0 Å². The van der Waals surface area contributed by atoms with Gasteiger partial charge in [-0.2, -0.15) is 5.26 Å². The molecule has 152 valence electrons. The Labute approximate surface area is 173 Å². The average Bonchev–Trinajstić information content (AvgIpc) is 2.70. The minimum Gasteiger partial charge on any atom is -0.494 e. The van der Waals surface area contributed by atoms with Crippen molar-refractivity contribution in [1.29, 1.82) is 5.26 Å². The van der Waals surface area contributed by atoms with Gasteiger partial charge in [0.25, 0.3) is 0 Å². The van der Waals surface area contributed by atoms with Crippen LogP contribution in [0.25, 0.3) is 0 Å². The second-order valence-electron chi connectivity index (χ2n) is 6.31. The molecule has 0 saturated heterocycles. The van der Waals surface area contributed by atoms with Gasteiger partial charge in [0.05, 0.1) is 18.4 Å². The fourth-order valence-electron chi connectivity index (χ4n) is 2.76. The smallest absolute Gasteiger partial charge is 0.233 e. The SMILES string of the molecule is CCN(Cc1ccc(OC)c(F)c1)C(=O)CSc1nc(C)c(C(C)=O)cc1C#N. The highest BCUT2D eigenvalue weighted by Gasteiger charge is 2.17. The minimum atomic E-state index is -0.480. The van der Waals surface area contributed by atoms with Crippen LogP contribution in [-0.2, 0) is 11.3 Å². The Morgan fingerprint density at radius 1 is 1.34 bits per heavy atom. The number of aryl methyl sites for hydroxylation is 1. The van der Waals surface area contributed by atoms with Crippen LogP contribution in [0.5, 0.6) is 5.75 Å². The Balaban J connectivity index is 2.10. The van der Waals surface area contributed by atoms with E-state index in [1.165, 1.54) is 32.2 Å². The molecule has 1 amide bonds. The summed E-state index contributed by atoms with van der Waals surface area (Å²) >= 11 is 1.15. The van der Waals surface area contributed by atoms with Gasteiger partial charge in [-0.1, -0.05) is 17.8 Å². The van der Waals surface area contributed by atoms with Crippen molar-refractivity contribution in [2.45, 2.75) is 32.3 Å². The lowest BCUT2D eigenvalue weighted by molar-refractivity contribution is -0.128. The van der Waals surface area contributed by atoms with Gasteiger partial charge >= 0.3 is 0 Å². The number of pyridine rings is 1. The second-order valence-corrected chi connectivity index (χ2v) is 7.27. The molecule has 2 rings (SSSR count). The lowest BCUT2D eigenvalue weighted by Crippen LogP contribution is -2.31. The van der Waals surface area contributed by atoms with Crippen LogP contribution in [0.2, 0.25) is 0 Å². The number of benzene rings is 1. The molecule has 0 spiro atoms. The van der Waals surface area contributed by atoms with Gasteiger partial charge in [-0.05, 0) is 44.5 Å². The topological polar surface area (TPSA) is 83.3 Å². The highest BCUT2D eigenvalue weighted by Crippen LogP contribution is 2.24. The summed E-state index contributed by atoms with van der Waals surface area (Å²) in [5, 5.41) is 9.76. The third-order valence-corrected chi connectivity index (χ3v) is 5.31. The van der Waals surface area contributed by atoms with E-state index in [-0.39, 0.29) is 35.3 Å². The van der Waals surface area contributed by atoms with E-state index in [1.807, 2.05) is 13.0 Å². The number of ether oxygens (including phenoxy) is 1. The number of rotatable bonds is 8. The standard InChI is InChI=1S/C21H22FN3O3S/c1-5-25(11-15-6-7-19(28-4)18(22)8-15)20(27)12-29-21-16(10-23)9-17(14(3)26)13(2)24-21/h6-9H,5,11-12H2,1-4H3. The molecule has 1 aromatic carbocycles. The van der Waals surface area contributed by atoms with Crippen molar-refractivity contribution < 1.29 is 18.7 Å². The summed E-state index contributed by atoms with van der Waals surface area (Å²) in [5.41, 5.74) is 1.83. The number of hydrogen-bond acceptors (Lipinski definition) is 6. The zero-order valence-corrected chi connectivity index (χ0v) is 17.6. The number of ketones is 1. The van der Waals surface area contributed by atoms with E-state index in [1.54, 1.807) is 17.9 Å². The van der Waals surface area contributed by atoms with Crippen LogP contribution in [0.15, 0.2) is 29.3 Å². The van der Waals surface area contributed by atoms with Gasteiger partial charge in [-0.15, -0.1) is 0 Å². The summed E-state index contributed by atoms with van der Waals surface area (Å²) in [7, 11) is 1.39. The van der Waals surface area contributed by atoms with Crippen molar-refractivity contribution >= 4 is 23.5 Å². The summed E-state index contributed by atoms with van der Waals surface area (Å²) in [5.74, 6) is -0.576. The number of halogens is 1. The van der Waals surface area contributed by atoms with E-state index in [4.69, 9.17) is 4.74 Å². The summed E-state index contributed by atoms with van der Waals surface area (Å²) in [6.07, 6.45) is 0. The van der Waals surface area contributed by atoms with Gasteiger partial charge in [0.1, 0.15) is 11.1 Å². The van der Waals surface area contributed by atoms with Crippen LogP contribution < -0.4 is 4.74 Å². The summed E-state index contributed by atoms with van der Waals surface area (Å²) in [6.45, 7) is 5.67. The lowest BCUT2D eigenvalue weighted by Gasteiger charge is -2.21. The van der Waals surface area contributed by atoms with Crippen LogP contribution >= 0.6 is 11.8 Å². The molecular formula is C21H22FN3O3S. The van der Waals surface area contributed by atoms with E-state index in [9.17, 15) is 19.2 Å². The first-order valence-electron chi connectivity index (χ1n) is 8.96. The maximum absolute atomic E-state index is 13.9. The number of nitrogens with zero attached hydrogens (tertiary/aromatic N) is 3. The number of amides is 1. The number of nitriles is 1. The van der Waals surface area contributed by atoms with Crippen molar-refractivity contribution in [2.75, 3.05) is 19.4 Å². The van der Waals surface area contributed by atoms with Gasteiger partial charge in [-0.3, -0.25) is 9.59 Å². The van der Waals surface area contributed by atoms with E-state index in [0.717, 1.165) is 11.8 Å². The predicted molar refractivity (Wildman–Crippen MR) is 108 cm³/mol. The van der Waals surface area contributed by atoms with Crippen LogP contribution in [0.3, 0.4) is 0 Å². The first-order valence-corrected chi connectivity index (χ1v) is 9.94. The van der Waals surface area contributed by atoms with Crippen molar-refractivity contribution in [3.8, 4) is 11.8 Å². The number of carbonyl (C=O) groups is 2. The molecule has 29 heavy (non-hydrogen) atoms. The highest BCUT2D eigenvalue weighted by atomic mass is 32.2. The summed E-state index contributed by atoms with van der Waals surface area (Å²) in [4.78, 5) is 30.2. The molecule has 2 aromatic rings. The fourth-order valence-corrected chi connectivity index (χ4v) is 3.66. The number of thioether (sulfide) groups is 1. The molecule has 8 heteroatoms. The second kappa shape index (κ2) is 10.0. The van der Waals surface area contributed by atoms with Crippen LogP contribution in [0.1, 0.15) is 41.0 Å². The maximum atomic E-state index is 13.9. The largest absolute Gasteiger partial charge is 0.494 e. The van der Waals surface area contributed by atoms with Crippen LogP contribution in [0.4, 0.5) is 4.39 Å². The molecule has 0 bridgehead atoms. The van der Waals surface area contributed by atoms with Gasteiger partial charge in [0, 0.05) is 24.3 Å². The zero-order chi connectivity index (χ0) is 21.6. The van der Waals surface area contributed by atoms with E-state index >= 15 is 0 Å². The molecule has 0 N–H and O–H groups in total. The van der Waals surface area contributed by atoms with E-state index in [0.29, 0.717) is 28.4 Å². The van der Waals surface area contributed by atoms with Crippen molar-refractivity contribution in [1.82, 2.24) is 9.88 Å². The van der Waals surface area contributed by atoms with Crippen molar-refractivity contribution in [2.24, 2.45) is 0 Å². The Kier molecular flexibility index (Phi) is 7.74. The average molecular weight is 415 g/mol. The number of aromatic nitrogens is 1. The van der Waals surface area contributed by atoms with Gasteiger partial charge in [0.15, 0.2) is 17.3 Å². The zero-order valence-electron chi connectivity index (χ0n) is 16.8. The third-order valence-electron chi connectivity index (χ3n) is 4.33. The molecule has 0 aliphatic carbocycles. The lowest BCUT2D eigenvalue weighted by atomic mass is 10.1. The molecule has 1 heterocycles. The van der Waals surface area contributed by atoms with E-state index < -0.39 is 5.82 Å². The molecular weight excluding hydrogens is 393 g/mol. The van der Waals surface area contributed by atoms with Crippen LogP contribution in [-0.4, -0.2) is 41.0 Å².